The van der Waals surface area contributed by atoms with Gasteiger partial charge >= 0.3 is 5.97 Å². The molecule has 0 radical (unpaired) electrons. The molecule has 38 heavy (non-hydrogen) atoms. The lowest BCUT2D eigenvalue weighted by Crippen LogP contribution is -2.58. The van der Waals surface area contributed by atoms with E-state index in [9.17, 15) is 14.7 Å². The van der Waals surface area contributed by atoms with E-state index in [1.165, 1.54) is 0 Å². The highest BCUT2D eigenvalue weighted by atomic mass is 35.5. The number of rotatable bonds is 6. The fourth-order valence-corrected chi connectivity index (χ4v) is 6.78. The van der Waals surface area contributed by atoms with Gasteiger partial charge in [-0.15, -0.1) is 0 Å². The molecule has 198 valence electrons. The molecule has 0 saturated carbocycles. The molecule has 7 heteroatoms. The number of amides is 1. The molecule has 2 aliphatic heterocycles. The Kier molecular flexibility index (Phi) is 7.69. The number of carboxylic acids is 1. The molecule has 0 bridgehead atoms. The SMILES string of the molecule is CC(C1CCN(c2ccc(Cl)c(Cl)c2)C1)C1CN(C(=O)c2ccccc2)CCC1(C(=O)O)c1ccccc1. The monoisotopic (exact) mass is 550 g/mol. The second-order valence-electron chi connectivity index (χ2n) is 10.6. The number of carboxylic acid groups (broad SMARTS) is 1. The number of anilines is 1. The van der Waals surface area contributed by atoms with Gasteiger partial charge < -0.3 is 14.9 Å². The van der Waals surface area contributed by atoms with Gasteiger partial charge in [0.2, 0.25) is 0 Å². The molecule has 0 aromatic heterocycles. The molecule has 5 rings (SSSR count). The van der Waals surface area contributed by atoms with Gasteiger partial charge in [0.15, 0.2) is 0 Å². The van der Waals surface area contributed by atoms with Crippen LogP contribution in [0.5, 0.6) is 0 Å². The molecule has 2 heterocycles. The van der Waals surface area contributed by atoms with Crippen molar-refractivity contribution in [2.45, 2.75) is 25.2 Å². The summed E-state index contributed by atoms with van der Waals surface area (Å²) in [4.78, 5) is 30.8. The Morgan fingerprint density at radius 1 is 0.921 bits per heavy atom. The molecule has 4 atom stereocenters. The number of nitrogens with zero attached hydrogens (tertiary/aromatic N) is 2. The molecule has 3 aromatic rings. The van der Waals surface area contributed by atoms with Crippen LogP contribution in [0.4, 0.5) is 5.69 Å². The number of piperidine rings is 1. The number of carbonyl (C=O) groups excluding carboxylic acids is 1. The van der Waals surface area contributed by atoms with Crippen LogP contribution < -0.4 is 4.90 Å². The molecule has 2 saturated heterocycles. The van der Waals surface area contributed by atoms with Crippen molar-refractivity contribution in [3.8, 4) is 0 Å². The lowest BCUT2D eigenvalue weighted by Gasteiger charge is -2.49. The van der Waals surface area contributed by atoms with Crippen LogP contribution in [0.15, 0.2) is 78.9 Å². The summed E-state index contributed by atoms with van der Waals surface area (Å²) in [7, 11) is 0. The van der Waals surface area contributed by atoms with E-state index >= 15 is 0 Å². The molecule has 2 fully saturated rings. The minimum atomic E-state index is -1.06. The summed E-state index contributed by atoms with van der Waals surface area (Å²) in [6.45, 7) is 4.63. The van der Waals surface area contributed by atoms with E-state index in [2.05, 4.69) is 11.8 Å². The first kappa shape index (κ1) is 26.6. The van der Waals surface area contributed by atoms with Crippen molar-refractivity contribution in [2.75, 3.05) is 31.1 Å². The molecular weight excluding hydrogens is 519 g/mol. The Labute approximate surface area is 234 Å². The molecule has 1 N–H and O–H groups in total. The zero-order valence-corrected chi connectivity index (χ0v) is 22.9. The molecular formula is C31H32Cl2N2O3. The average molecular weight is 552 g/mol. The smallest absolute Gasteiger partial charge is 0.314 e. The Bertz CT molecular complexity index is 1300. The van der Waals surface area contributed by atoms with E-state index in [0.29, 0.717) is 35.1 Å². The van der Waals surface area contributed by atoms with Crippen molar-refractivity contribution in [1.82, 2.24) is 4.90 Å². The minimum Gasteiger partial charge on any atom is -0.481 e. The number of carbonyl (C=O) groups is 2. The highest BCUT2D eigenvalue weighted by molar-refractivity contribution is 6.42. The predicted molar refractivity (Wildman–Crippen MR) is 152 cm³/mol. The average Bonchev–Trinajstić information content (AvgIpc) is 3.44. The number of hydrogen-bond acceptors (Lipinski definition) is 3. The van der Waals surface area contributed by atoms with Crippen molar-refractivity contribution in [1.29, 1.82) is 0 Å². The number of aliphatic carboxylic acids is 1. The topological polar surface area (TPSA) is 60.9 Å². The van der Waals surface area contributed by atoms with Crippen molar-refractivity contribution in [3.05, 3.63) is 100 Å². The standard InChI is InChI=1S/C31H32Cl2N2O3/c1-21(23-14-16-34(19-23)25-12-13-27(32)28(33)18-25)26-20-35(29(36)22-8-4-2-5-9-22)17-15-31(26,30(37)38)24-10-6-3-7-11-24/h2-13,18,21,23,26H,14-17,19-20H2,1H3,(H,37,38). The molecule has 1 amide bonds. The number of halogens is 2. The van der Waals surface area contributed by atoms with E-state index in [4.69, 9.17) is 23.2 Å². The summed E-state index contributed by atoms with van der Waals surface area (Å²) in [6, 6.07) is 24.5. The maximum atomic E-state index is 13.5. The molecule has 4 unspecified atom stereocenters. The van der Waals surface area contributed by atoms with Gasteiger partial charge in [-0.25, -0.2) is 0 Å². The van der Waals surface area contributed by atoms with Gasteiger partial charge in [0.25, 0.3) is 5.91 Å². The molecule has 0 spiro atoms. The highest BCUT2D eigenvalue weighted by Gasteiger charge is 2.54. The van der Waals surface area contributed by atoms with Crippen LogP contribution in [0.2, 0.25) is 10.0 Å². The Morgan fingerprint density at radius 3 is 2.26 bits per heavy atom. The summed E-state index contributed by atoms with van der Waals surface area (Å²) >= 11 is 12.4. The number of hydrogen-bond donors (Lipinski definition) is 1. The fraction of sp³-hybridized carbons (Fsp3) is 0.355. The summed E-state index contributed by atoms with van der Waals surface area (Å²) < 4.78 is 0. The highest BCUT2D eigenvalue weighted by Crippen LogP contribution is 2.47. The van der Waals surface area contributed by atoms with Gasteiger partial charge in [0.05, 0.1) is 15.5 Å². The maximum Gasteiger partial charge on any atom is 0.314 e. The first-order valence-electron chi connectivity index (χ1n) is 13.1. The van der Waals surface area contributed by atoms with Crippen LogP contribution in [0.3, 0.4) is 0 Å². The number of benzene rings is 3. The van der Waals surface area contributed by atoms with Crippen LogP contribution in [0.25, 0.3) is 0 Å². The van der Waals surface area contributed by atoms with E-state index in [1.54, 1.807) is 0 Å². The Hall–Kier alpha value is -3.02. The predicted octanol–water partition coefficient (Wildman–Crippen LogP) is 6.64. The summed E-state index contributed by atoms with van der Waals surface area (Å²) in [5.41, 5.74) is 1.40. The van der Waals surface area contributed by atoms with Crippen LogP contribution in [-0.4, -0.2) is 48.1 Å². The first-order valence-corrected chi connectivity index (χ1v) is 13.9. The zero-order valence-electron chi connectivity index (χ0n) is 21.4. The van der Waals surface area contributed by atoms with Gasteiger partial charge in [0.1, 0.15) is 0 Å². The van der Waals surface area contributed by atoms with Crippen LogP contribution >= 0.6 is 23.2 Å². The third-order valence-corrected chi connectivity index (χ3v) is 9.41. The molecule has 0 aliphatic carbocycles. The van der Waals surface area contributed by atoms with Gasteiger partial charge in [-0.1, -0.05) is 78.7 Å². The van der Waals surface area contributed by atoms with E-state index in [0.717, 1.165) is 30.8 Å². The minimum absolute atomic E-state index is 0.0429. The van der Waals surface area contributed by atoms with Crippen LogP contribution in [-0.2, 0) is 10.2 Å². The van der Waals surface area contributed by atoms with E-state index in [1.807, 2.05) is 83.8 Å². The second-order valence-corrected chi connectivity index (χ2v) is 11.4. The summed E-state index contributed by atoms with van der Waals surface area (Å²) in [6.07, 6.45) is 1.32. The number of likely N-dealkylation sites (tertiary alicyclic amines) is 1. The largest absolute Gasteiger partial charge is 0.481 e. The van der Waals surface area contributed by atoms with Crippen LogP contribution in [0, 0.1) is 17.8 Å². The third kappa shape index (κ3) is 4.90. The maximum absolute atomic E-state index is 13.5. The Morgan fingerprint density at radius 2 is 1.61 bits per heavy atom. The third-order valence-electron chi connectivity index (χ3n) is 8.68. The van der Waals surface area contributed by atoms with Gasteiger partial charge in [0, 0.05) is 37.4 Å². The van der Waals surface area contributed by atoms with Crippen molar-refractivity contribution >= 4 is 40.8 Å². The van der Waals surface area contributed by atoms with E-state index < -0.39 is 11.4 Å². The molecule has 5 nitrogen and oxygen atoms in total. The lowest BCUT2D eigenvalue weighted by atomic mass is 9.59. The molecule has 2 aliphatic rings. The van der Waals surface area contributed by atoms with Gasteiger partial charge in [-0.05, 0) is 66.5 Å². The summed E-state index contributed by atoms with van der Waals surface area (Å²) in [5, 5.41) is 11.8. The quantitative estimate of drug-likeness (QED) is 0.373. The van der Waals surface area contributed by atoms with Crippen molar-refractivity contribution in [2.24, 2.45) is 17.8 Å². The first-order chi connectivity index (χ1) is 18.3. The van der Waals surface area contributed by atoms with Crippen molar-refractivity contribution in [3.63, 3.8) is 0 Å². The Balaban J connectivity index is 1.46. The lowest BCUT2D eigenvalue weighted by molar-refractivity contribution is -0.150. The van der Waals surface area contributed by atoms with Crippen molar-refractivity contribution < 1.29 is 14.7 Å². The van der Waals surface area contributed by atoms with Gasteiger partial charge in [-0.3, -0.25) is 9.59 Å². The zero-order chi connectivity index (χ0) is 26.9. The van der Waals surface area contributed by atoms with Gasteiger partial charge in [-0.2, -0.15) is 0 Å². The normalized spacial score (nSPS) is 24.3. The van der Waals surface area contributed by atoms with Crippen LogP contribution in [0.1, 0.15) is 35.7 Å². The summed E-state index contributed by atoms with van der Waals surface area (Å²) in [5.74, 6) is -0.776. The van der Waals surface area contributed by atoms with E-state index in [-0.39, 0.29) is 23.7 Å². The fourth-order valence-electron chi connectivity index (χ4n) is 6.49. The second kappa shape index (κ2) is 11.0. The molecule has 3 aromatic carbocycles.